The lowest BCUT2D eigenvalue weighted by molar-refractivity contribution is -0.141. The molecule has 0 radical (unpaired) electrons. The SMILES string of the molecule is CSCCC(NC(=O)C(CCCN=C(N)N)NC(=O)C(N)CO)C(=O)NC(C)C(=O)O. The van der Waals surface area contributed by atoms with Crippen LogP contribution in [0.15, 0.2) is 4.99 Å². The zero-order chi connectivity index (χ0) is 24.0. The first-order chi connectivity index (χ1) is 14.5. The van der Waals surface area contributed by atoms with Crippen LogP contribution in [0.4, 0.5) is 0 Å². The van der Waals surface area contributed by atoms with Gasteiger partial charge in [-0.15, -0.1) is 0 Å². The van der Waals surface area contributed by atoms with Gasteiger partial charge in [0.25, 0.3) is 0 Å². The van der Waals surface area contributed by atoms with E-state index in [-0.39, 0.29) is 25.3 Å². The Hall–Kier alpha value is -2.58. The highest BCUT2D eigenvalue weighted by Crippen LogP contribution is 2.05. The normalized spacial score (nSPS) is 14.5. The highest BCUT2D eigenvalue weighted by Gasteiger charge is 2.28. The molecule has 0 bridgehead atoms. The van der Waals surface area contributed by atoms with Crippen molar-refractivity contribution in [3.05, 3.63) is 0 Å². The Labute approximate surface area is 185 Å². The summed E-state index contributed by atoms with van der Waals surface area (Å²) in [7, 11) is 0. The molecule has 0 aliphatic carbocycles. The molecule has 0 aromatic heterocycles. The van der Waals surface area contributed by atoms with Gasteiger partial charge in [0, 0.05) is 6.54 Å². The summed E-state index contributed by atoms with van der Waals surface area (Å²) < 4.78 is 0. The molecular weight excluding hydrogens is 430 g/mol. The molecule has 0 aliphatic rings. The van der Waals surface area contributed by atoms with E-state index >= 15 is 0 Å². The molecule has 0 heterocycles. The first kappa shape index (κ1) is 28.4. The molecule has 13 nitrogen and oxygen atoms in total. The Morgan fingerprint density at radius 2 is 1.55 bits per heavy atom. The van der Waals surface area contributed by atoms with Gasteiger partial charge < -0.3 is 43.4 Å². The number of hydrogen-bond acceptors (Lipinski definition) is 8. The fraction of sp³-hybridized carbons (Fsp3) is 0.706. The van der Waals surface area contributed by atoms with Crippen molar-refractivity contribution in [2.24, 2.45) is 22.2 Å². The number of hydrogen-bond donors (Lipinski definition) is 8. The fourth-order valence-electron chi connectivity index (χ4n) is 2.29. The second-order valence-electron chi connectivity index (χ2n) is 6.71. The van der Waals surface area contributed by atoms with E-state index in [2.05, 4.69) is 20.9 Å². The highest BCUT2D eigenvalue weighted by molar-refractivity contribution is 7.98. The minimum absolute atomic E-state index is 0.117. The number of carbonyl (C=O) groups excluding carboxylic acids is 3. The van der Waals surface area contributed by atoms with Crippen molar-refractivity contribution in [3.63, 3.8) is 0 Å². The molecule has 0 saturated heterocycles. The number of guanidine groups is 1. The van der Waals surface area contributed by atoms with E-state index in [0.717, 1.165) is 0 Å². The smallest absolute Gasteiger partial charge is 0.325 e. The molecule has 31 heavy (non-hydrogen) atoms. The molecule has 0 spiro atoms. The molecule has 0 saturated carbocycles. The van der Waals surface area contributed by atoms with Crippen LogP contribution in [-0.4, -0.2) is 89.2 Å². The largest absolute Gasteiger partial charge is 0.480 e. The van der Waals surface area contributed by atoms with Gasteiger partial charge >= 0.3 is 5.97 Å². The molecule has 14 heteroatoms. The van der Waals surface area contributed by atoms with Gasteiger partial charge in [-0.25, -0.2) is 0 Å². The Morgan fingerprint density at radius 3 is 2.06 bits per heavy atom. The topological polar surface area (TPSA) is 235 Å². The number of nitrogens with two attached hydrogens (primary N) is 3. The van der Waals surface area contributed by atoms with Crippen molar-refractivity contribution < 1.29 is 29.4 Å². The monoisotopic (exact) mass is 463 g/mol. The molecule has 0 aromatic carbocycles. The van der Waals surface area contributed by atoms with Gasteiger partial charge in [0.15, 0.2) is 5.96 Å². The maximum Gasteiger partial charge on any atom is 0.325 e. The Morgan fingerprint density at radius 1 is 1.00 bits per heavy atom. The summed E-state index contributed by atoms with van der Waals surface area (Å²) in [4.78, 5) is 52.1. The number of aliphatic hydroxyl groups is 1. The van der Waals surface area contributed by atoms with Crippen molar-refractivity contribution in [1.82, 2.24) is 16.0 Å². The summed E-state index contributed by atoms with van der Waals surface area (Å²) in [6.45, 7) is 0.900. The van der Waals surface area contributed by atoms with Crippen molar-refractivity contribution >= 4 is 41.4 Å². The summed E-state index contributed by atoms with van der Waals surface area (Å²) in [5.74, 6) is -2.87. The molecule has 0 aliphatic heterocycles. The van der Waals surface area contributed by atoms with Gasteiger partial charge in [0.05, 0.1) is 6.61 Å². The van der Waals surface area contributed by atoms with Crippen LogP contribution < -0.4 is 33.2 Å². The first-order valence-corrected chi connectivity index (χ1v) is 11.0. The van der Waals surface area contributed by atoms with Gasteiger partial charge in [-0.2, -0.15) is 11.8 Å². The van der Waals surface area contributed by atoms with Crippen molar-refractivity contribution in [1.29, 1.82) is 0 Å². The second-order valence-corrected chi connectivity index (χ2v) is 7.70. The lowest BCUT2D eigenvalue weighted by Gasteiger charge is -2.24. The first-order valence-electron chi connectivity index (χ1n) is 9.58. The summed E-state index contributed by atoms with van der Waals surface area (Å²) in [5.41, 5.74) is 16.0. The third-order valence-corrected chi connectivity index (χ3v) is 4.73. The zero-order valence-electron chi connectivity index (χ0n) is 17.7. The third kappa shape index (κ3) is 12.0. The van der Waals surface area contributed by atoms with Crippen LogP contribution in [0, 0.1) is 0 Å². The number of nitrogens with one attached hydrogen (secondary N) is 3. The van der Waals surface area contributed by atoms with Crippen molar-refractivity contribution in [2.45, 2.75) is 50.4 Å². The number of aliphatic carboxylic acids is 1. The average molecular weight is 464 g/mol. The molecule has 4 atom stereocenters. The minimum atomic E-state index is -1.22. The number of amides is 3. The predicted octanol–water partition coefficient (Wildman–Crippen LogP) is -3.33. The number of rotatable bonds is 15. The Kier molecular flexibility index (Phi) is 14.0. The number of aliphatic hydroxyl groups excluding tert-OH is 1. The van der Waals surface area contributed by atoms with Gasteiger partial charge in [0.2, 0.25) is 17.7 Å². The van der Waals surface area contributed by atoms with Crippen LogP contribution in [0.2, 0.25) is 0 Å². The van der Waals surface area contributed by atoms with Crippen LogP contribution in [-0.2, 0) is 19.2 Å². The molecule has 0 fully saturated rings. The minimum Gasteiger partial charge on any atom is -0.480 e. The summed E-state index contributed by atoms with van der Waals surface area (Å²) in [6, 6.07) is -4.44. The third-order valence-electron chi connectivity index (χ3n) is 4.08. The average Bonchev–Trinajstić information content (AvgIpc) is 2.71. The Balaban J connectivity index is 5.32. The van der Waals surface area contributed by atoms with Crippen molar-refractivity contribution in [3.8, 4) is 0 Å². The van der Waals surface area contributed by atoms with Crippen LogP contribution in [0.3, 0.4) is 0 Å². The molecule has 4 unspecified atom stereocenters. The maximum atomic E-state index is 12.8. The second kappa shape index (κ2) is 15.3. The Bertz CT molecular complexity index is 644. The summed E-state index contributed by atoms with van der Waals surface area (Å²) >= 11 is 1.45. The van der Waals surface area contributed by atoms with Gasteiger partial charge in [-0.1, -0.05) is 0 Å². The molecule has 0 aromatic rings. The number of thioether (sulfide) groups is 1. The zero-order valence-corrected chi connectivity index (χ0v) is 18.5. The maximum absolute atomic E-state index is 12.8. The highest BCUT2D eigenvalue weighted by atomic mass is 32.2. The van der Waals surface area contributed by atoms with Gasteiger partial charge in [0.1, 0.15) is 24.2 Å². The quantitative estimate of drug-likeness (QED) is 0.0683. The van der Waals surface area contributed by atoms with E-state index in [0.29, 0.717) is 12.2 Å². The number of carbonyl (C=O) groups is 4. The van der Waals surface area contributed by atoms with E-state index in [1.807, 2.05) is 6.26 Å². The lowest BCUT2D eigenvalue weighted by Crippen LogP contribution is -2.57. The summed E-state index contributed by atoms with van der Waals surface area (Å²) in [6.07, 6.45) is 2.53. The molecular formula is C17H33N7O6S. The molecule has 178 valence electrons. The number of carboxylic acids is 1. The molecule has 3 amide bonds. The van der Waals surface area contributed by atoms with E-state index in [1.54, 1.807) is 0 Å². The van der Waals surface area contributed by atoms with Crippen LogP contribution >= 0.6 is 11.8 Å². The number of carboxylic acid groups (broad SMARTS) is 1. The lowest BCUT2D eigenvalue weighted by atomic mass is 10.1. The standard InChI is InChI=1S/C17H33N7O6S/c1-9(16(29)30)22-14(27)12(5-7-31-2)24-15(28)11(4-3-6-21-17(19)20)23-13(26)10(18)8-25/h9-12,25H,3-8,18H2,1-2H3,(H,22,27)(H,23,26)(H,24,28)(H,29,30)(H4,19,20,21). The van der Waals surface area contributed by atoms with E-state index in [4.69, 9.17) is 27.4 Å². The molecule has 11 N–H and O–H groups in total. The van der Waals surface area contributed by atoms with Gasteiger partial charge in [-0.05, 0) is 38.2 Å². The number of nitrogens with zero attached hydrogens (tertiary/aromatic N) is 1. The van der Waals surface area contributed by atoms with Gasteiger partial charge in [-0.3, -0.25) is 24.2 Å². The van der Waals surface area contributed by atoms with E-state index in [9.17, 15) is 19.2 Å². The molecule has 0 rings (SSSR count). The fourth-order valence-corrected chi connectivity index (χ4v) is 2.76. The van der Waals surface area contributed by atoms with Crippen LogP contribution in [0.5, 0.6) is 0 Å². The van der Waals surface area contributed by atoms with Crippen LogP contribution in [0.1, 0.15) is 26.2 Å². The van der Waals surface area contributed by atoms with E-state index in [1.165, 1.54) is 18.7 Å². The summed E-state index contributed by atoms with van der Waals surface area (Å²) in [5, 5.41) is 25.3. The number of aliphatic imine (C=N–C) groups is 1. The van der Waals surface area contributed by atoms with E-state index < -0.39 is 54.5 Å². The van der Waals surface area contributed by atoms with Crippen LogP contribution in [0.25, 0.3) is 0 Å². The van der Waals surface area contributed by atoms with Crippen molar-refractivity contribution in [2.75, 3.05) is 25.2 Å². The predicted molar refractivity (Wildman–Crippen MR) is 117 cm³/mol.